The smallest absolute Gasteiger partial charge is 0.337 e. The molecule has 2 rings (SSSR count). The van der Waals surface area contributed by atoms with Gasteiger partial charge in [0.1, 0.15) is 6.29 Å². The quantitative estimate of drug-likeness (QED) is 0.447. The van der Waals surface area contributed by atoms with Crippen molar-refractivity contribution in [1.29, 1.82) is 0 Å². The summed E-state index contributed by atoms with van der Waals surface area (Å²) in [5, 5.41) is 0.0296. The van der Waals surface area contributed by atoms with Crippen LogP contribution in [0.2, 0.25) is 18.1 Å². The van der Waals surface area contributed by atoms with E-state index in [1.54, 1.807) is 0 Å². The zero-order valence-corrected chi connectivity index (χ0v) is 15.7. The Labute approximate surface area is 138 Å². The number of hydrogen-bond acceptors (Lipinski definition) is 5. The Hall–Kier alpha value is -1.40. The first-order valence-electron chi connectivity index (χ1n) is 7.89. The van der Waals surface area contributed by atoms with Gasteiger partial charge in [-0.05, 0) is 30.1 Å². The van der Waals surface area contributed by atoms with Crippen molar-refractivity contribution in [3.8, 4) is 0 Å². The van der Waals surface area contributed by atoms with Gasteiger partial charge in [0.15, 0.2) is 14.6 Å². The van der Waals surface area contributed by atoms with Gasteiger partial charge in [-0.25, -0.2) is 4.79 Å². The zero-order chi connectivity index (χ0) is 17.4. The Bertz CT molecular complexity index is 556. The van der Waals surface area contributed by atoms with Gasteiger partial charge in [-0.2, -0.15) is 0 Å². The van der Waals surface area contributed by atoms with Crippen molar-refractivity contribution in [2.45, 2.75) is 51.6 Å². The molecule has 0 spiro atoms. The second-order valence-electron chi connectivity index (χ2n) is 7.64. The number of allylic oxidation sites excluding steroid dienone is 1. The van der Waals surface area contributed by atoms with Gasteiger partial charge in [0, 0.05) is 5.92 Å². The van der Waals surface area contributed by atoms with Gasteiger partial charge in [0.05, 0.1) is 24.9 Å². The normalized spacial score (nSPS) is 27.5. The highest BCUT2D eigenvalue weighted by atomic mass is 28.4. The van der Waals surface area contributed by atoms with Crippen LogP contribution in [-0.2, 0) is 23.5 Å². The Kier molecular flexibility index (Phi) is 4.87. The van der Waals surface area contributed by atoms with Gasteiger partial charge in [-0.1, -0.05) is 26.8 Å². The predicted octanol–water partition coefficient (Wildman–Crippen LogP) is 3.18. The van der Waals surface area contributed by atoms with Crippen molar-refractivity contribution in [2.24, 2.45) is 11.8 Å². The van der Waals surface area contributed by atoms with Crippen LogP contribution in [0.1, 0.15) is 27.2 Å². The number of ether oxygens (including phenoxy) is 2. The molecule has 0 aromatic heterocycles. The van der Waals surface area contributed by atoms with E-state index in [4.69, 9.17) is 13.9 Å². The average Bonchev–Trinajstić information content (AvgIpc) is 2.89. The molecule has 0 saturated carbocycles. The second kappa shape index (κ2) is 6.24. The summed E-state index contributed by atoms with van der Waals surface area (Å²) < 4.78 is 16.9. The predicted molar refractivity (Wildman–Crippen MR) is 89.0 cm³/mol. The van der Waals surface area contributed by atoms with Gasteiger partial charge in [0.2, 0.25) is 0 Å². The van der Waals surface area contributed by atoms with Gasteiger partial charge in [-0.15, -0.1) is 0 Å². The highest BCUT2D eigenvalue weighted by Gasteiger charge is 2.48. The van der Waals surface area contributed by atoms with Crippen molar-refractivity contribution in [1.82, 2.24) is 0 Å². The molecule has 1 heterocycles. The van der Waals surface area contributed by atoms with Crippen molar-refractivity contribution < 1.29 is 23.5 Å². The molecule has 0 radical (unpaired) electrons. The maximum absolute atomic E-state index is 11.9. The first-order valence-corrected chi connectivity index (χ1v) is 10.8. The summed E-state index contributed by atoms with van der Waals surface area (Å²) in [5.41, 5.74) is 1.12. The van der Waals surface area contributed by atoms with Crippen LogP contribution in [-0.4, -0.2) is 34.0 Å². The van der Waals surface area contributed by atoms with Crippen molar-refractivity contribution >= 4 is 20.6 Å². The largest absolute Gasteiger partial charge is 0.472 e. The minimum Gasteiger partial charge on any atom is -0.472 e. The number of aldehydes is 1. The first kappa shape index (κ1) is 17.9. The molecule has 0 amide bonds. The van der Waals surface area contributed by atoms with Crippen LogP contribution < -0.4 is 0 Å². The number of rotatable bonds is 4. The third kappa shape index (κ3) is 3.28. The lowest BCUT2D eigenvalue weighted by Gasteiger charge is -2.43. The van der Waals surface area contributed by atoms with Gasteiger partial charge >= 0.3 is 5.97 Å². The summed E-state index contributed by atoms with van der Waals surface area (Å²) in [7, 11) is -0.719. The fourth-order valence-corrected chi connectivity index (χ4v) is 3.91. The molecule has 6 heteroatoms. The average molecular weight is 338 g/mol. The number of fused-ring (bicyclic) bond motifs is 1. The number of hydrogen-bond donors (Lipinski definition) is 0. The third-order valence-electron chi connectivity index (χ3n) is 5.22. The number of carbonyl (C=O) groups excluding carboxylic acids is 2. The third-order valence-corrected chi connectivity index (χ3v) is 9.66. The Morgan fingerprint density at radius 2 is 2.04 bits per heavy atom. The molecule has 1 aliphatic heterocycles. The maximum Gasteiger partial charge on any atom is 0.337 e. The van der Waals surface area contributed by atoms with Crippen LogP contribution >= 0.6 is 0 Å². The number of carbonyl (C=O) groups is 2. The van der Waals surface area contributed by atoms with Crippen molar-refractivity contribution in [2.75, 3.05) is 7.11 Å². The molecule has 1 aliphatic carbocycles. The topological polar surface area (TPSA) is 61.8 Å². The molecule has 5 nitrogen and oxygen atoms in total. The Balaban J connectivity index is 2.31. The molecule has 0 aromatic carbocycles. The molecular weight excluding hydrogens is 312 g/mol. The van der Waals surface area contributed by atoms with Crippen molar-refractivity contribution in [3.63, 3.8) is 0 Å². The lowest BCUT2D eigenvalue weighted by molar-refractivity contribution is -0.141. The first-order chi connectivity index (χ1) is 10.6. The van der Waals surface area contributed by atoms with E-state index in [1.165, 1.54) is 13.4 Å². The molecule has 23 heavy (non-hydrogen) atoms. The molecule has 3 atom stereocenters. The van der Waals surface area contributed by atoms with E-state index in [1.807, 2.05) is 6.08 Å². The van der Waals surface area contributed by atoms with Crippen LogP contribution in [0.15, 0.2) is 23.5 Å². The van der Waals surface area contributed by atoms with Crippen LogP contribution in [0.5, 0.6) is 0 Å². The summed E-state index contributed by atoms with van der Waals surface area (Å²) in [6.45, 7) is 10.7. The number of methoxy groups -OCH3 is 1. The SMILES string of the molecule is COC(=O)C1=COC(O[Si](C)(C)C(C)(C)C)[C@@H]2C(C=O)=CC[C@H]12. The van der Waals surface area contributed by atoms with Crippen LogP contribution in [0, 0.1) is 11.8 Å². The van der Waals surface area contributed by atoms with E-state index < -0.39 is 20.6 Å². The monoisotopic (exact) mass is 338 g/mol. The van der Waals surface area contributed by atoms with E-state index in [9.17, 15) is 9.59 Å². The fourth-order valence-electron chi connectivity index (χ4n) is 2.77. The summed E-state index contributed by atoms with van der Waals surface area (Å²) in [4.78, 5) is 23.4. The Morgan fingerprint density at radius 3 is 2.57 bits per heavy atom. The zero-order valence-electron chi connectivity index (χ0n) is 14.7. The molecule has 0 fully saturated rings. The molecule has 128 valence electrons. The summed E-state index contributed by atoms with van der Waals surface area (Å²) in [6, 6.07) is 0. The van der Waals surface area contributed by atoms with Crippen LogP contribution in [0.25, 0.3) is 0 Å². The van der Waals surface area contributed by atoms with E-state index in [0.29, 0.717) is 17.6 Å². The highest BCUT2D eigenvalue weighted by molar-refractivity contribution is 6.74. The van der Waals surface area contributed by atoms with E-state index >= 15 is 0 Å². The van der Waals surface area contributed by atoms with E-state index in [0.717, 1.165) is 6.29 Å². The Morgan fingerprint density at radius 1 is 1.39 bits per heavy atom. The highest BCUT2D eigenvalue weighted by Crippen LogP contribution is 2.46. The lowest BCUT2D eigenvalue weighted by atomic mass is 9.84. The molecule has 0 saturated heterocycles. The summed E-state index contributed by atoms with van der Waals surface area (Å²) in [5.74, 6) is -0.779. The van der Waals surface area contributed by atoms with Gasteiger partial charge in [-0.3, -0.25) is 4.79 Å². The molecule has 1 unspecified atom stereocenters. The van der Waals surface area contributed by atoms with E-state index in [2.05, 4.69) is 33.9 Å². The maximum atomic E-state index is 11.9. The molecule has 0 N–H and O–H groups in total. The fraction of sp³-hybridized carbons (Fsp3) is 0.647. The lowest BCUT2D eigenvalue weighted by Crippen LogP contribution is -2.48. The number of esters is 1. The molecule has 2 aliphatic rings. The molecule has 0 bridgehead atoms. The van der Waals surface area contributed by atoms with Crippen LogP contribution in [0.3, 0.4) is 0 Å². The molecule has 0 aromatic rings. The van der Waals surface area contributed by atoms with Crippen LogP contribution in [0.4, 0.5) is 0 Å². The van der Waals surface area contributed by atoms with Gasteiger partial charge < -0.3 is 13.9 Å². The minimum absolute atomic E-state index is 0.0296. The van der Waals surface area contributed by atoms with Crippen molar-refractivity contribution in [3.05, 3.63) is 23.5 Å². The standard InChI is InChI=1S/C17H26O5Si/c1-17(2,3)23(5,6)22-16-14-11(9-18)7-8-12(14)13(10-21-16)15(19)20-4/h7,9-10,12,14,16H,8H2,1-6H3/t12-,14-,16?/m1/s1. The minimum atomic E-state index is -2.07. The summed E-state index contributed by atoms with van der Waals surface area (Å²) >= 11 is 0. The molecular formula is C17H26O5Si. The van der Waals surface area contributed by atoms with Gasteiger partial charge in [0.25, 0.3) is 0 Å². The second-order valence-corrected chi connectivity index (χ2v) is 12.4. The summed E-state index contributed by atoms with van der Waals surface area (Å²) in [6.07, 6.45) is 4.26. The van der Waals surface area contributed by atoms with E-state index in [-0.39, 0.29) is 16.9 Å².